The molecule has 0 aromatic heterocycles. The first-order valence-electron chi connectivity index (χ1n) is 0. The first kappa shape index (κ1) is 54.2. The molecule has 0 bridgehead atoms. The van der Waals surface area contributed by atoms with E-state index in [-0.39, 0.29) is 54.1 Å². The molecule has 0 aliphatic carbocycles. The summed E-state index contributed by atoms with van der Waals surface area (Å²) in [5, 5.41) is 0. The molecule has 1 nitrogen and oxygen atoms in total. The molecule has 0 aromatic rings. The normalized spacial score (nSPS) is 0. The predicted molar refractivity (Wildman–Crippen MR) is 16.6 cm³/mol. The maximum absolute atomic E-state index is 0. The molecule has 4 heavy (non-hydrogen) atoms. The molecular formula is H3AlClLiO+4. The zero-order valence-electron chi connectivity index (χ0n) is 2.49. The summed E-state index contributed by atoms with van der Waals surface area (Å²) in [7, 11) is 0. The molecule has 0 amide bonds. The number of halogens is 1. The largest absolute Gasteiger partial charge is 3.00 e. The SMILES string of the molecule is Cl.O.[Al+3].[Li+]. The molecule has 0 heterocycles. The van der Waals surface area contributed by atoms with Crippen LogP contribution in [0.3, 0.4) is 0 Å². The van der Waals surface area contributed by atoms with Crippen molar-refractivity contribution in [1.29, 1.82) is 0 Å². The summed E-state index contributed by atoms with van der Waals surface area (Å²) < 4.78 is 0. The average Bonchev–Trinajstić information content (AvgIpc) is 0. The van der Waals surface area contributed by atoms with Crippen LogP contribution in [0.25, 0.3) is 0 Å². The third-order valence-electron chi connectivity index (χ3n) is 0. The molecule has 0 atom stereocenters. The van der Waals surface area contributed by atoms with Crippen LogP contribution in [0, 0.1) is 0 Å². The van der Waals surface area contributed by atoms with Gasteiger partial charge in [-0.3, -0.25) is 0 Å². The minimum atomic E-state index is 0. The Labute approximate surface area is 54.2 Å². The Hall–Kier alpha value is 1.38. The van der Waals surface area contributed by atoms with E-state index in [1.165, 1.54) is 0 Å². The molecule has 4 heteroatoms. The summed E-state index contributed by atoms with van der Waals surface area (Å²) in [5.74, 6) is 0. The zero-order chi connectivity index (χ0) is 0. The third-order valence-corrected chi connectivity index (χ3v) is 0. The summed E-state index contributed by atoms with van der Waals surface area (Å²) in [6.45, 7) is 0. The third kappa shape index (κ3) is 10.1. The molecule has 0 saturated heterocycles. The van der Waals surface area contributed by atoms with E-state index in [1.54, 1.807) is 0 Å². The summed E-state index contributed by atoms with van der Waals surface area (Å²) in [6.07, 6.45) is 0. The maximum Gasteiger partial charge on any atom is 3.00 e. The van der Waals surface area contributed by atoms with Crippen molar-refractivity contribution in [2.75, 3.05) is 0 Å². The molecule has 0 aliphatic heterocycles. The van der Waals surface area contributed by atoms with Crippen molar-refractivity contribution < 1.29 is 24.3 Å². The van der Waals surface area contributed by atoms with Crippen LogP contribution in [0.4, 0.5) is 0 Å². The number of rotatable bonds is 0. The van der Waals surface area contributed by atoms with Crippen molar-refractivity contribution in [2.24, 2.45) is 0 Å². The van der Waals surface area contributed by atoms with E-state index in [9.17, 15) is 0 Å². The van der Waals surface area contributed by atoms with Crippen molar-refractivity contribution in [3.05, 3.63) is 0 Å². The Morgan fingerprint density at radius 2 is 1.00 bits per heavy atom. The predicted octanol–water partition coefficient (Wildman–Crippen LogP) is -3.78. The molecule has 0 aliphatic rings. The van der Waals surface area contributed by atoms with Crippen molar-refractivity contribution in [2.45, 2.75) is 0 Å². The van der Waals surface area contributed by atoms with Gasteiger partial charge in [0.1, 0.15) is 0 Å². The molecule has 0 spiro atoms. The summed E-state index contributed by atoms with van der Waals surface area (Å²) in [6, 6.07) is 0. The van der Waals surface area contributed by atoms with Gasteiger partial charge in [-0.25, -0.2) is 0 Å². The van der Waals surface area contributed by atoms with Crippen LogP contribution in [-0.4, -0.2) is 22.8 Å². The van der Waals surface area contributed by atoms with Gasteiger partial charge in [-0.05, 0) is 0 Å². The smallest absolute Gasteiger partial charge is 0.412 e. The number of hydrogen-bond donors (Lipinski definition) is 0. The summed E-state index contributed by atoms with van der Waals surface area (Å²) in [4.78, 5) is 0. The van der Waals surface area contributed by atoms with Gasteiger partial charge >= 0.3 is 36.2 Å². The van der Waals surface area contributed by atoms with Gasteiger partial charge in [0.25, 0.3) is 0 Å². The van der Waals surface area contributed by atoms with Crippen molar-refractivity contribution in [1.82, 2.24) is 0 Å². The van der Waals surface area contributed by atoms with E-state index in [0.29, 0.717) is 0 Å². The van der Waals surface area contributed by atoms with E-state index in [4.69, 9.17) is 0 Å². The van der Waals surface area contributed by atoms with Gasteiger partial charge in [0.15, 0.2) is 0 Å². The second-order valence-electron chi connectivity index (χ2n) is 0. The van der Waals surface area contributed by atoms with Gasteiger partial charge in [-0.15, -0.1) is 12.4 Å². The van der Waals surface area contributed by atoms with Crippen LogP contribution in [-0.2, 0) is 0 Å². The van der Waals surface area contributed by atoms with Gasteiger partial charge in [0.05, 0.1) is 0 Å². The summed E-state index contributed by atoms with van der Waals surface area (Å²) in [5.41, 5.74) is 0. The van der Waals surface area contributed by atoms with Crippen LogP contribution >= 0.6 is 12.4 Å². The molecular weight excluding hydrogens is 85.4 g/mol. The van der Waals surface area contributed by atoms with E-state index >= 15 is 0 Å². The topological polar surface area (TPSA) is 31.5 Å². The quantitative estimate of drug-likeness (QED) is 0.272. The Morgan fingerprint density at radius 3 is 1.00 bits per heavy atom. The van der Waals surface area contributed by atoms with Gasteiger partial charge in [0.2, 0.25) is 0 Å². The van der Waals surface area contributed by atoms with Gasteiger partial charge < -0.3 is 5.48 Å². The van der Waals surface area contributed by atoms with Crippen molar-refractivity contribution in [3.8, 4) is 0 Å². The first-order valence-corrected chi connectivity index (χ1v) is 0. The standard InChI is InChI=1S/Al.ClH.Li.H2O/h;1H;;1H2/q+3;;+1;. The fourth-order valence-electron chi connectivity index (χ4n) is 0. The molecule has 0 fully saturated rings. The van der Waals surface area contributed by atoms with Crippen molar-refractivity contribution in [3.63, 3.8) is 0 Å². The van der Waals surface area contributed by atoms with E-state index in [1.807, 2.05) is 0 Å². The Bertz CT molecular complexity index is 8.00. The number of hydrogen-bond acceptors (Lipinski definition) is 0. The first-order chi connectivity index (χ1) is 0. The average molecular weight is 88.4 g/mol. The fraction of sp³-hybridized carbons (Fsp3) is 0. The van der Waals surface area contributed by atoms with Gasteiger partial charge in [0, 0.05) is 0 Å². The second kappa shape index (κ2) is 26.3. The van der Waals surface area contributed by atoms with Crippen LogP contribution in [0.15, 0.2) is 0 Å². The molecule has 0 aromatic carbocycles. The van der Waals surface area contributed by atoms with E-state index in [0.717, 1.165) is 0 Å². The minimum Gasteiger partial charge on any atom is -0.412 e. The van der Waals surface area contributed by atoms with E-state index < -0.39 is 0 Å². The van der Waals surface area contributed by atoms with Gasteiger partial charge in [-0.2, -0.15) is 0 Å². The zero-order valence-corrected chi connectivity index (χ0v) is 4.46. The second-order valence-corrected chi connectivity index (χ2v) is 0. The Morgan fingerprint density at radius 1 is 1.00 bits per heavy atom. The van der Waals surface area contributed by atoms with Gasteiger partial charge in [-0.1, -0.05) is 0 Å². The van der Waals surface area contributed by atoms with Crippen LogP contribution in [0.5, 0.6) is 0 Å². The molecule has 0 radical (unpaired) electrons. The van der Waals surface area contributed by atoms with E-state index in [2.05, 4.69) is 0 Å². The summed E-state index contributed by atoms with van der Waals surface area (Å²) >= 11 is 0. The molecule has 16 valence electrons. The molecule has 2 N–H and O–H groups in total. The molecule has 0 unspecified atom stereocenters. The monoisotopic (exact) mass is 88.0 g/mol. The van der Waals surface area contributed by atoms with Crippen LogP contribution in [0.2, 0.25) is 0 Å². The van der Waals surface area contributed by atoms with Crippen LogP contribution in [0.1, 0.15) is 0 Å². The van der Waals surface area contributed by atoms with Crippen molar-refractivity contribution >= 4 is 29.8 Å². The Kier molecular flexibility index (Phi) is 356. The fourth-order valence-corrected chi connectivity index (χ4v) is 0. The molecule has 0 rings (SSSR count). The maximum atomic E-state index is 0. The Balaban J connectivity index is 0. The minimum absolute atomic E-state index is 0. The molecule has 0 saturated carbocycles. The van der Waals surface area contributed by atoms with Crippen LogP contribution < -0.4 is 18.9 Å².